The van der Waals surface area contributed by atoms with E-state index in [1.54, 1.807) is 11.0 Å². The lowest BCUT2D eigenvalue weighted by Gasteiger charge is -2.22. The molecule has 5 nitrogen and oxygen atoms in total. The molecule has 0 saturated heterocycles. The number of nitrogens with one attached hydrogen (secondary N) is 1. The van der Waals surface area contributed by atoms with E-state index in [1.165, 1.54) is 6.33 Å². The fraction of sp³-hybridized carbons (Fsp3) is 0.353. The Morgan fingerprint density at radius 3 is 2.74 bits per heavy atom. The number of rotatable bonds is 5. The molecule has 1 amide bonds. The van der Waals surface area contributed by atoms with E-state index in [4.69, 9.17) is 11.6 Å². The van der Waals surface area contributed by atoms with Crippen LogP contribution < -0.4 is 5.32 Å². The standard InChI is InChI=1S/C17H19ClN4O/c18-15-9-5-4-8-14(15)17(23)21-16(10-22-12-19-11-20-22)13-6-2-1-3-7-13/h1-3,6-7,11-12,16H,4-5,8-10H2,(H,21,23)/t16-/m1/s1. The second kappa shape index (κ2) is 7.42. The summed E-state index contributed by atoms with van der Waals surface area (Å²) in [5, 5.41) is 7.93. The third kappa shape index (κ3) is 3.99. The largest absolute Gasteiger partial charge is 0.344 e. The van der Waals surface area contributed by atoms with Crippen LogP contribution in [0.25, 0.3) is 0 Å². The van der Waals surface area contributed by atoms with Gasteiger partial charge < -0.3 is 5.32 Å². The smallest absolute Gasteiger partial charge is 0.248 e. The summed E-state index contributed by atoms with van der Waals surface area (Å²) < 4.78 is 1.72. The number of halogens is 1. The molecule has 0 saturated carbocycles. The lowest BCUT2D eigenvalue weighted by atomic mass is 9.98. The van der Waals surface area contributed by atoms with Crippen molar-refractivity contribution >= 4 is 17.5 Å². The van der Waals surface area contributed by atoms with Crippen molar-refractivity contribution in [1.82, 2.24) is 20.1 Å². The van der Waals surface area contributed by atoms with Gasteiger partial charge in [0.05, 0.1) is 12.6 Å². The SMILES string of the molecule is O=C(N[C@H](Cn1cncn1)c1ccccc1)C1=C(Cl)CCCC1. The maximum absolute atomic E-state index is 12.6. The molecule has 6 heteroatoms. The Labute approximate surface area is 140 Å². The Morgan fingerprint density at radius 1 is 1.26 bits per heavy atom. The average Bonchev–Trinajstić information content (AvgIpc) is 3.08. The van der Waals surface area contributed by atoms with Crippen LogP contribution in [0.1, 0.15) is 37.3 Å². The number of benzene rings is 1. The van der Waals surface area contributed by atoms with E-state index < -0.39 is 0 Å². The summed E-state index contributed by atoms with van der Waals surface area (Å²) in [5.41, 5.74) is 1.75. The van der Waals surface area contributed by atoms with Gasteiger partial charge in [-0.25, -0.2) is 4.98 Å². The van der Waals surface area contributed by atoms with Crippen molar-refractivity contribution in [3.8, 4) is 0 Å². The van der Waals surface area contributed by atoms with Gasteiger partial charge in [-0.05, 0) is 31.2 Å². The summed E-state index contributed by atoms with van der Waals surface area (Å²) in [6.45, 7) is 0.528. The average molecular weight is 331 g/mol. The van der Waals surface area contributed by atoms with Gasteiger partial charge in [0.25, 0.3) is 0 Å². The van der Waals surface area contributed by atoms with Gasteiger partial charge in [-0.2, -0.15) is 5.10 Å². The molecule has 1 heterocycles. The lowest BCUT2D eigenvalue weighted by Crippen LogP contribution is -2.33. The highest BCUT2D eigenvalue weighted by molar-refractivity contribution is 6.32. The maximum Gasteiger partial charge on any atom is 0.248 e. The topological polar surface area (TPSA) is 59.8 Å². The zero-order valence-corrected chi connectivity index (χ0v) is 13.5. The molecule has 2 aromatic rings. The van der Waals surface area contributed by atoms with Crippen molar-refractivity contribution in [1.29, 1.82) is 0 Å². The number of nitrogens with zero attached hydrogens (tertiary/aromatic N) is 3. The minimum atomic E-state index is -0.177. The molecule has 120 valence electrons. The molecule has 0 radical (unpaired) electrons. The molecule has 0 aliphatic heterocycles. The first kappa shape index (κ1) is 15.7. The van der Waals surface area contributed by atoms with Crippen LogP contribution in [0.4, 0.5) is 0 Å². The van der Waals surface area contributed by atoms with E-state index in [9.17, 15) is 4.79 Å². The van der Waals surface area contributed by atoms with Gasteiger partial charge in [0.2, 0.25) is 5.91 Å². The molecule has 23 heavy (non-hydrogen) atoms. The second-order valence-corrected chi connectivity index (χ2v) is 6.10. The monoisotopic (exact) mass is 330 g/mol. The third-order valence-electron chi connectivity index (χ3n) is 4.02. The fourth-order valence-corrected chi connectivity index (χ4v) is 3.10. The molecule has 3 rings (SSSR count). The molecule has 1 aromatic heterocycles. The second-order valence-electron chi connectivity index (χ2n) is 5.64. The van der Waals surface area contributed by atoms with Crippen LogP contribution in [-0.2, 0) is 11.3 Å². The predicted molar refractivity (Wildman–Crippen MR) is 88.7 cm³/mol. The van der Waals surface area contributed by atoms with Crippen molar-refractivity contribution in [3.63, 3.8) is 0 Å². The van der Waals surface area contributed by atoms with Crippen molar-refractivity contribution in [2.45, 2.75) is 38.3 Å². The first-order valence-corrected chi connectivity index (χ1v) is 8.17. The summed E-state index contributed by atoms with van der Waals surface area (Å²) in [6.07, 6.45) is 6.74. The summed E-state index contributed by atoms with van der Waals surface area (Å²) in [7, 11) is 0. The predicted octanol–water partition coefficient (Wildman–Crippen LogP) is 3.20. The molecule has 1 aliphatic rings. The summed E-state index contributed by atoms with van der Waals surface area (Å²) >= 11 is 6.24. The van der Waals surface area contributed by atoms with Crippen molar-refractivity contribution in [2.24, 2.45) is 0 Å². The number of allylic oxidation sites excluding steroid dienone is 1. The van der Waals surface area contributed by atoms with Gasteiger partial charge in [-0.1, -0.05) is 41.9 Å². The van der Waals surface area contributed by atoms with Gasteiger partial charge in [-0.15, -0.1) is 0 Å². The van der Waals surface area contributed by atoms with Crippen LogP contribution in [0.5, 0.6) is 0 Å². The van der Waals surface area contributed by atoms with Gasteiger partial charge in [0.1, 0.15) is 12.7 Å². The van der Waals surface area contributed by atoms with Crippen LogP contribution in [-0.4, -0.2) is 20.7 Å². The Bertz CT molecular complexity index is 682. The highest BCUT2D eigenvalue weighted by Crippen LogP contribution is 2.28. The molecular formula is C17H19ClN4O. The number of carbonyl (C=O) groups is 1. The van der Waals surface area contributed by atoms with Gasteiger partial charge in [-0.3, -0.25) is 9.48 Å². The molecule has 1 aromatic carbocycles. The van der Waals surface area contributed by atoms with Crippen molar-refractivity contribution < 1.29 is 4.79 Å². The van der Waals surface area contributed by atoms with Crippen LogP contribution in [0.3, 0.4) is 0 Å². The van der Waals surface area contributed by atoms with Gasteiger partial charge in [0.15, 0.2) is 0 Å². The number of hydrogen-bond acceptors (Lipinski definition) is 3. The van der Waals surface area contributed by atoms with Gasteiger partial charge in [0, 0.05) is 10.6 Å². The fourth-order valence-electron chi connectivity index (χ4n) is 2.78. The third-order valence-corrected chi connectivity index (χ3v) is 4.44. The zero-order chi connectivity index (χ0) is 16.1. The quantitative estimate of drug-likeness (QED) is 0.915. The zero-order valence-electron chi connectivity index (χ0n) is 12.8. The Balaban J connectivity index is 1.79. The molecule has 1 N–H and O–H groups in total. The molecular weight excluding hydrogens is 312 g/mol. The van der Waals surface area contributed by atoms with E-state index in [-0.39, 0.29) is 11.9 Å². The van der Waals surface area contributed by atoms with Crippen LogP contribution in [0, 0.1) is 0 Å². The molecule has 0 fully saturated rings. The van der Waals surface area contributed by atoms with Crippen molar-refractivity contribution in [2.75, 3.05) is 0 Å². The van der Waals surface area contributed by atoms with Crippen molar-refractivity contribution in [3.05, 3.63) is 59.2 Å². The van der Waals surface area contributed by atoms with E-state index >= 15 is 0 Å². The first-order valence-electron chi connectivity index (χ1n) is 7.80. The summed E-state index contributed by atoms with van der Waals surface area (Å²) in [4.78, 5) is 16.6. The highest BCUT2D eigenvalue weighted by atomic mass is 35.5. The Kier molecular flexibility index (Phi) is 5.08. The van der Waals surface area contributed by atoms with Gasteiger partial charge >= 0.3 is 0 Å². The molecule has 1 aliphatic carbocycles. The normalized spacial score (nSPS) is 16.2. The number of hydrogen-bond donors (Lipinski definition) is 1. The Hall–Kier alpha value is -2.14. The maximum atomic E-state index is 12.6. The Morgan fingerprint density at radius 2 is 2.04 bits per heavy atom. The van der Waals surface area contributed by atoms with Crippen LogP contribution in [0.2, 0.25) is 0 Å². The molecule has 0 bridgehead atoms. The van der Waals surface area contributed by atoms with E-state index in [0.29, 0.717) is 11.6 Å². The van der Waals surface area contributed by atoms with E-state index in [0.717, 1.165) is 36.8 Å². The summed E-state index contributed by atoms with van der Waals surface area (Å²) in [6, 6.07) is 9.70. The van der Waals surface area contributed by atoms with Crippen LogP contribution >= 0.6 is 11.6 Å². The lowest BCUT2D eigenvalue weighted by molar-refractivity contribution is -0.118. The minimum Gasteiger partial charge on any atom is -0.344 e. The minimum absolute atomic E-state index is 0.0799. The molecule has 0 unspecified atom stereocenters. The summed E-state index contributed by atoms with van der Waals surface area (Å²) in [5.74, 6) is -0.0799. The van der Waals surface area contributed by atoms with Crippen LogP contribution in [0.15, 0.2) is 53.6 Å². The highest BCUT2D eigenvalue weighted by Gasteiger charge is 2.22. The molecule has 0 spiro atoms. The number of amides is 1. The molecule has 1 atom stereocenters. The van der Waals surface area contributed by atoms with E-state index in [1.807, 2.05) is 30.3 Å². The number of carbonyl (C=O) groups excluding carboxylic acids is 1. The van der Waals surface area contributed by atoms with E-state index in [2.05, 4.69) is 15.4 Å². The first-order chi connectivity index (χ1) is 11.2. The number of aromatic nitrogens is 3.